The van der Waals surface area contributed by atoms with E-state index in [0.717, 1.165) is 44.0 Å². The van der Waals surface area contributed by atoms with Gasteiger partial charge in [0.15, 0.2) is 5.82 Å². The lowest BCUT2D eigenvalue weighted by Crippen LogP contribution is -2.31. The van der Waals surface area contributed by atoms with Crippen molar-refractivity contribution in [3.8, 4) is 11.4 Å². The summed E-state index contributed by atoms with van der Waals surface area (Å²) in [7, 11) is 0. The molecule has 0 radical (unpaired) electrons. The Hall–Kier alpha value is -2.60. The lowest BCUT2D eigenvalue weighted by molar-refractivity contribution is 0.242. The minimum Gasteiger partial charge on any atom is -0.294 e. The predicted molar refractivity (Wildman–Crippen MR) is 95.7 cm³/mol. The first kappa shape index (κ1) is 15.9. The van der Waals surface area contributed by atoms with E-state index < -0.39 is 0 Å². The predicted octanol–water partition coefficient (Wildman–Crippen LogP) is 2.62. The number of rotatable bonds is 4. The van der Waals surface area contributed by atoms with E-state index in [1.54, 1.807) is 12.4 Å². The summed E-state index contributed by atoms with van der Waals surface area (Å²) in [5.41, 5.74) is 5.98. The number of hydrogen-bond donors (Lipinski definition) is 0. The fraction of sp³-hybridized carbons (Fsp3) is 0.368. The number of pyridine rings is 1. The van der Waals surface area contributed by atoms with E-state index >= 15 is 0 Å². The molecular weight excluding hydrogens is 312 g/mol. The molecular formula is C19H22N6. The molecule has 1 aliphatic rings. The lowest BCUT2D eigenvalue weighted by Gasteiger charge is -2.28. The van der Waals surface area contributed by atoms with Crippen molar-refractivity contribution in [3.05, 3.63) is 59.4 Å². The molecule has 0 atom stereocenters. The zero-order valence-corrected chi connectivity index (χ0v) is 14.7. The van der Waals surface area contributed by atoms with E-state index in [2.05, 4.69) is 38.5 Å². The van der Waals surface area contributed by atoms with Crippen LogP contribution in [-0.2, 0) is 26.1 Å². The van der Waals surface area contributed by atoms with Crippen molar-refractivity contribution in [2.24, 2.45) is 0 Å². The van der Waals surface area contributed by atoms with Crippen molar-refractivity contribution < 1.29 is 0 Å². The van der Waals surface area contributed by atoms with Gasteiger partial charge >= 0.3 is 0 Å². The SMILES string of the molecule is CCn1ncc(CN2CCc3nc(-c4ccncc4)ncc3C2)c1C. The number of aryl methyl sites for hydroxylation is 1. The van der Waals surface area contributed by atoms with Crippen LogP contribution < -0.4 is 0 Å². The summed E-state index contributed by atoms with van der Waals surface area (Å²) >= 11 is 0. The van der Waals surface area contributed by atoms with Gasteiger partial charge < -0.3 is 0 Å². The van der Waals surface area contributed by atoms with E-state index in [4.69, 9.17) is 4.98 Å². The largest absolute Gasteiger partial charge is 0.294 e. The average molecular weight is 334 g/mol. The second kappa shape index (κ2) is 6.72. The van der Waals surface area contributed by atoms with Gasteiger partial charge in [-0.15, -0.1) is 0 Å². The Morgan fingerprint density at radius 1 is 1.16 bits per heavy atom. The van der Waals surface area contributed by atoms with E-state index in [-0.39, 0.29) is 0 Å². The minimum atomic E-state index is 0.787. The van der Waals surface area contributed by atoms with E-state index in [1.807, 2.05) is 24.5 Å². The zero-order chi connectivity index (χ0) is 17.2. The van der Waals surface area contributed by atoms with E-state index in [0.29, 0.717) is 0 Å². The summed E-state index contributed by atoms with van der Waals surface area (Å²) in [6.45, 7) is 8.02. The molecule has 4 heterocycles. The van der Waals surface area contributed by atoms with Gasteiger partial charge in [0.25, 0.3) is 0 Å². The van der Waals surface area contributed by atoms with Crippen LogP contribution in [0.15, 0.2) is 36.9 Å². The molecule has 0 saturated heterocycles. The Bertz CT molecular complexity index is 871. The van der Waals surface area contributed by atoms with Gasteiger partial charge in [0, 0.05) is 73.6 Å². The Balaban J connectivity index is 1.51. The Morgan fingerprint density at radius 3 is 2.76 bits per heavy atom. The molecule has 3 aromatic heterocycles. The number of fused-ring (bicyclic) bond motifs is 1. The molecule has 3 aromatic rings. The van der Waals surface area contributed by atoms with Crippen molar-refractivity contribution in [2.75, 3.05) is 6.54 Å². The van der Waals surface area contributed by atoms with Gasteiger partial charge in [-0.2, -0.15) is 5.10 Å². The number of hydrogen-bond acceptors (Lipinski definition) is 5. The first-order valence-electron chi connectivity index (χ1n) is 8.73. The molecule has 0 saturated carbocycles. The van der Waals surface area contributed by atoms with Gasteiger partial charge in [-0.05, 0) is 26.0 Å². The van der Waals surface area contributed by atoms with Crippen LogP contribution in [0.25, 0.3) is 11.4 Å². The number of nitrogens with zero attached hydrogens (tertiary/aromatic N) is 6. The van der Waals surface area contributed by atoms with Crippen LogP contribution in [-0.4, -0.2) is 36.2 Å². The van der Waals surface area contributed by atoms with E-state index in [1.165, 1.54) is 22.5 Å². The summed E-state index contributed by atoms with van der Waals surface area (Å²) in [5, 5.41) is 4.45. The molecule has 25 heavy (non-hydrogen) atoms. The summed E-state index contributed by atoms with van der Waals surface area (Å²) in [4.78, 5) is 15.8. The highest BCUT2D eigenvalue weighted by Gasteiger charge is 2.20. The van der Waals surface area contributed by atoms with Gasteiger partial charge in [0.05, 0.1) is 11.9 Å². The maximum atomic E-state index is 4.78. The summed E-state index contributed by atoms with van der Waals surface area (Å²) < 4.78 is 2.05. The Labute approximate surface area is 147 Å². The van der Waals surface area contributed by atoms with Crippen molar-refractivity contribution in [1.82, 2.24) is 29.6 Å². The van der Waals surface area contributed by atoms with Crippen molar-refractivity contribution in [2.45, 2.75) is 39.9 Å². The van der Waals surface area contributed by atoms with Crippen LogP contribution in [0, 0.1) is 6.92 Å². The van der Waals surface area contributed by atoms with Gasteiger partial charge in [0.2, 0.25) is 0 Å². The normalized spacial score (nSPS) is 14.5. The third-order valence-corrected chi connectivity index (χ3v) is 4.85. The maximum absolute atomic E-state index is 4.78. The molecule has 0 aliphatic carbocycles. The standard InChI is InChI=1S/C19H22N6/c1-3-25-14(2)16(11-22-25)12-24-9-6-18-17(13-24)10-21-19(23-18)15-4-7-20-8-5-15/h4-5,7-8,10-11H,3,6,9,12-13H2,1-2H3. The Morgan fingerprint density at radius 2 is 2.00 bits per heavy atom. The van der Waals surface area contributed by atoms with Gasteiger partial charge in [-0.1, -0.05) is 0 Å². The van der Waals surface area contributed by atoms with Crippen molar-refractivity contribution in [1.29, 1.82) is 0 Å². The highest BCUT2D eigenvalue weighted by Crippen LogP contribution is 2.22. The first-order valence-corrected chi connectivity index (χ1v) is 8.73. The molecule has 0 spiro atoms. The smallest absolute Gasteiger partial charge is 0.159 e. The third kappa shape index (κ3) is 3.17. The molecule has 0 amide bonds. The third-order valence-electron chi connectivity index (χ3n) is 4.85. The summed E-state index contributed by atoms with van der Waals surface area (Å²) in [5.74, 6) is 0.787. The second-order valence-electron chi connectivity index (χ2n) is 6.43. The molecule has 128 valence electrons. The summed E-state index contributed by atoms with van der Waals surface area (Å²) in [6.07, 6.45) is 8.48. The Kier molecular flexibility index (Phi) is 4.28. The second-order valence-corrected chi connectivity index (χ2v) is 6.43. The molecule has 0 aromatic carbocycles. The van der Waals surface area contributed by atoms with Crippen LogP contribution in [0.5, 0.6) is 0 Å². The van der Waals surface area contributed by atoms with Crippen LogP contribution in [0.3, 0.4) is 0 Å². The van der Waals surface area contributed by atoms with Crippen LogP contribution in [0.2, 0.25) is 0 Å². The fourth-order valence-electron chi connectivity index (χ4n) is 3.35. The molecule has 1 aliphatic heterocycles. The minimum absolute atomic E-state index is 0.787. The number of aromatic nitrogens is 5. The van der Waals surface area contributed by atoms with Gasteiger partial charge in [0.1, 0.15) is 0 Å². The zero-order valence-electron chi connectivity index (χ0n) is 14.7. The van der Waals surface area contributed by atoms with Crippen LogP contribution in [0.4, 0.5) is 0 Å². The topological polar surface area (TPSA) is 59.7 Å². The monoisotopic (exact) mass is 334 g/mol. The van der Waals surface area contributed by atoms with Crippen LogP contribution in [0.1, 0.15) is 29.4 Å². The summed E-state index contributed by atoms with van der Waals surface area (Å²) in [6, 6.07) is 3.90. The molecule has 0 bridgehead atoms. The van der Waals surface area contributed by atoms with Crippen molar-refractivity contribution in [3.63, 3.8) is 0 Å². The highest BCUT2D eigenvalue weighted by molar-refractivity contribution is 5.54. The first-order chi connectivity index (χ1) is 12.2. The van der Waals surface area contributed by atoms with E-state index in [9.17, 15) is 0 Å². The quantitative estimate of drug-likeness (QED) is 0.734. The maximum Gasteiger partial charge on any atom is 0.159 e. The van der Waals surface area contributed by atoms with Crippen LogP contribution >= 0.6 is 0 Å². The molecule has 6 heteroatoms. The highest BCUT2D eigenvalue weighted by atomic mass is 15.3. The molecule has 0 unspecified atom stereocenters. The molecule has 4 rings (SSSR count). The lowest BCUT2D eigenvalue weighted by atomic mass is 10.1. The van der Waals surface area contributed by atoms with Crippen molar-refractivity contribution >= 4 is 0 Å². The molecule has 0 fully saturated rings. The fourth-order valence-corrected chi connectivity index (χ4v) is 3.35. The molecule has 6 nitrogen and oxygen atoms in total. The van der Waals surface area contributed by atoms with Gasteiger partial charge in [-0.25, -0.2) is 9.97 Å². The van der Waals surface area contributed by atoms with Gasteiger partial charge in [-0.3, -0.25) is 14.6 Å². The average Bonchev–Trinajstić information content (AvgIpc) is 3.01. The molecule has 0 N–H and O–H groups in total.